The van der Waals surface area contributed by atoms with Crippen LogP contribution in [-0.2, 0) is 12.4 Å². The summed E-state index contributed by atoms with van der Waals surface area (Å²) >= 11 is 0. The number of aromatic nitrogens is 2. The van der Waals surface area contributed by atoms with Crippen molar-refractivity contribution in [2.24, 2.45) is 5.73 Å². The van der Waals surface area contributed by atoms with Crippen LogP contribution in [0.15, 0.2) is 12.1 Å². The van der Waals surface area contributed by atoms with Gasteiger partial charge in [0.15, 0.2) is 0 Å². The lowest BCUT2D eigenvalue weighted by Gasteiger charge is -2.26. The Morgan fingerprint density at radius 3 is 2.25 bits per heavy atom. The Balaban J connectivity index is 2.17. The number of H-pyrrole nitrogens is 1. The van der Waals surface area contributed by atoms with Crippen molar-refractivity contribution in [3.05, 3.63) is 29.1 Å². The standard InChI is InChI=1S/C15H15F6N3/c16-14(17,18)7-5-9(15(19,20)21)12-11(6-7)23-13(24-12)8-3-1-2-4-10(8)22/h5-6,8,10H,1-4,22H2,(H,23,24)/t8-,10?/m0/s1. The summed E-state index contributed by atoms with van der Waals surface area (Å²) in [6, 6.07) is 0.486. The number of rotatable bonds is 1. The molecular formula is C15H15F6N3. The predicted molar refractivity (Wildman–Crippen MR) is 75.3 cm³/mol. The number of benzene rings is 1. The molecular weight excluding hydrogens is 336 g/mol. The van der Waals surface area contributed by atoms with Gasteiger partial charge < -0.3 is 10.7 Å². The van der Waals surface area contributed by atoms with Crippen molar-refractivity contribution >= 4 is 11.0 Å². The van der Waals surface area contributed by atoms with E-state index in [4.69, 9.17) is 5.73 Å². The molecule has 1 heterocycles. The fraction of sp³-hybridized carbons (Fsp3) is 0.533. The zero-order valence-corrected chi connectivity index (χ0v) is 12.4. The summed E-state index contributed by atoms with van der Waals surface area (Å²) in [5, 5.41) is 0. The summed E-state index contributed by atoms with van der Waals surface area (Å²) in [4.78, 5) is 6.57. The third kappa shape index (κ3) is 3.09. The Morgan fingerprint density at radius 2 is 1.67 bits per heavy atom. The lowest BCUT2D eigenvalue weighted by Crippen LogP contribution is -2.31. The van der Waals surface area contributed by atoms with E-state index in [2.05, 4.69) is 9.97 Å². The Hall–Kier alpha value is -1.77. The highest BCUT2D eigenvalue weighted by Crippen LogP contribution is 2.40. The summed E-state index contributed by atoms with van der Waals surface area (Å²) in [5.74, 6) is -0.0522. The third-order valence-electron chi connectivity index (χ3n) is 4.41. The van der Waals surface area contributed by atoms with Gasteiger partial charge in [-0.25, -0.2) is 4.98 Å². The van der Waals surface area contributed by atoms with E-state index >= 15 is 0 Å². The molecule has 1 fully saturated rings. The van der Waals surface area contributed by atoms with Gasteiger partial charge in [0.2, 0.25) is 0 Å². The molecule has 3 N–H and O–H groups in total. The van der Waals surface area contributed by atoms with Crippen molar-refractivity contribution in [2.75, 3.05) is 0 Å². The summed E-state index contributed by atoms with van der Waals surface area (Å²) < 4.78 is 78.2. The van der Waals surface area contributed by atoms with Crippen LogP contribution in [0.2, 0.25) is 0 Å². The number of halogens is 6. The Bertz CT molecular complexity index is 746. The first-order chi connectivity index (χ1) is 11.1. The van der Waals surface area contributed by atoms with E-state index in [1.807, 2.05) is 0 Å². The molecule has 3 nitrogen and oxygen atoms in total. The SMILES string of the molecule is NC1CCCC[C@@H]1c1nc2cc(C(F)(F)F)cc(C(F)(F)F)c2[nH]1. The normalized spacial score (nSPS) is 23.0. The van der Waals surface area contributed by atoms with E-state index in [1.165, 1.54) is 0 Å². The van der Waals surface area contributed by atoms with Gasteiger partial charge >= 0.3 is 12.4 Å². The Kier molecular flexibility index (Phi) is 4.01. The van der Waals surface area contributed by atoms with Crippen molar-refractivity contribution in [2.45, 2.75) is 50.0 Å². The highest BCUT2D eigenvalue weighted by atomic mass is 19.4. The third-order valence-corrected chi connectivity index (χ3v) is 4.41. The molecule has 3 rings (SSSR count). The van der Waals surface area contributed by atoms with E-state index in [1.54, 1.807) is 0 Å². The van der Waals surface area contributed by atoms with Crippen LogP contribution >= 0.6 is 0 Å². The lowest BCUT2D eigenvalue weighted by molar-refractivity contribution is -0.142. The van der Waals surface area contributed by atoms with E-state index < -0.39 is 29.0 Å². The second kappa shape index (κ2) is 5.65. The number of imidazole rings is 1. The average molecular weight is 351 g/mol. The molecule has 9 heteroatoms. The van der Waals surface area contributed by atoms with Gasteiger partial charge in [0.05, 0.1) is 22.2 Å². The Morgan fingerprint density at radius 1 is 1.00 bits per heavy atom. The maximum atomic E-state index is 13.2. The van der Waals surface area contributed by atoms with Crippen LogP contribution in [0.5, 0.6) is 0 Å². The first kappa shape index (κ1) is 17.1. The van der Waals surface area contributed by atoms with Crippen LogP contribution in [0, 0.1) is 0 Å². The van der Waals surface area contributed by atoms with E-state index in [0.717, 1.165) is 12.8 Å². The monoisotopic (exact) mass is 351 g/mol. The number of alkyl halides is 6. The molecule has 1 aliphatic carbocycles. The zero-order valence-electron chi connectivity index (χ0n) is 12.4. The van der Waals surface area contributed by atoms with Gasteiger partial charge in [-0.3, -0.25) is 0 Å². The van der Waals surface area contributed by atoms with Crippen molar-refractivity contribution in [1.82, 2.24) is 9.97 Å². The van der Waals surface area contributed by atoms with Crippen molar-refractivity contribution in [3.8, 4) is 0 Å². The van der Waals surface area contributed by atoms with Crippen LogP contribution in [0.1, 0.15) is 48.6 Å². The summed E-state index contributed by atoms with van der Waals surface area (Å²) in [5.41, 5.74) is 2.49. The van der Waals surface area contributed by atoms with Gasteiger partial charge in [-0.2, -0.15) is 26.3 Å². The largest absolute Gasteiger partial charge is 0.418 e. The van der Waals surface area contributed by atoms with Gasteiger partial charge in [0.1, 0.15) is 5.82 Å². The fourth-order valence-corrected chi connectivity index (χ4v) is 3.19. The molecule has 1 aromatic carbocycles. The topological polar surface area (TPSA) is 54.7 Å². The highest BCUT2D eigenvalue weighted by Gasteiger charge is 2.39. The quantitative estimate of drug-likeness (QED) is 0.739. The molecule has 1 aromatic heterocycles. The van der Waals surface area contributed by atoms with E-state index in [-0.39, 0.29) is 29.4 Å². The molecule has 132 valence electrons. The molecule has 0 bridgehead atoms. The Labute approximate surface area is 133 Å². The van der Waals surface area contributed by atoms with Crippen LogP contribution < -0.4 is 5.73 Å². The number of hydrogen-bond donors (Lipinski definition) is 2. The summed E-state index contributed by atoms with van der Waals surface area (Å²) in [6.07, 6.45) is -6.66. The molecule has 0 amide bonds. The van der Waals surface area contributed by atoms with E-state index in [0.29, 0.717) is 18.9 Å². The van der Waals surface area contributed by atoms with Gasteiger partial charge in [-0.05, 0) is 25.0 Å². The summed E-state index contributed by atoms with van der Waals surface area (Å²) in [6.45, 7) is 0. The van der Waals surface area contributed by atoms with Gasteiger partial charge in [0.25, 0.3) is 0 Å². The van der Waals surface area contributed by atoms with Crippen molar-refractivity contribution < 1.29 is 26.3 Å². The zero-order chi connectivity index (χ0) is 17.7. The number of fused-ring (bicyclic) bond motifs is 1. The maximum absolute atomic E-state index is 13.2. The first-order valence-electron chi connectivity index (χ1n) is 7.51. The molecule has 1 unspecified atom stereocenters. The highest BCUT2D eigenvalue weighted by molar-refractivity contribution is 5.80. The molecule has 1 saturated carbocycles. The average Bonchev–Trinajstić information content (AvgIpc) is 2.88. The van der Waals surface area contributed by atoms with Gasteiger partial charge in [-0.1, -0.05) is 12.8 Å². The molecule has 24 heavy (non-hydrogen) atoms. The maximum Gasteiger partial charge on any atom is 0.418 e. The van der Waals surface area contributed by atoms with Crippen LogP contribution in [0.4, 0.5) is 26.3 Å². The molecule has 2 aromatic rings. The summed E-state index contributed by atoms with van der Waals surface area (Å²) in [7, 11) is 0. The predicted octanol–water partition coefficient (Wildman–Crippen LogP) is 4.59. The van der Waals surface area contributed by atoms with Gasteiger partial charge in [-0.15, -0.1) is 0 Å². The van der Waals surface area contributed by atoms with Crippen molar-refractivity contribution in [3.63, 3.8) is 0 Å². The molecule has 0 spiro atoms. The first-order valence-corrected chi connectivity index (χ1v) is 7.51. The molecule has 0 saturated heterocycles. The minimum atomic E-state index is -4.92. The molecule has 1 aliphatic rings. The van der Waals surface area contributed by atoms with Crippen LogP contribution in [-0.4, -0.2) is 16.0 Å². The lowest BCUT2D eigenvalue weighted by atomic mass is 9.84. The van der Waals surface area contributed by atoms with E-state index in [9.17, 15) is 26.3 Å². The molecule has 0 radical (unpaired) electrons. The smallest absolute Gasteiger partial charge is 0.341 e. The number of aromatic amines is 1. The molecule has 2 atom stereocenters. The fourth-order valence-electron chi connectivity index (χ4n) is 3.19. The van der Waals surface area contributed by atoms with Crippen molar-refractivity contribution in [1.29, 1.82) is 0 Å². The number of hydrogen-bond acceptors (Lipinski definition) is 2. The van der Waals surface area contributed by atoms with Crippen LogP contribution in [0.25, 0.3) is 11.0 Å². The minimum absolute atomic E-state index is 0.116. The minimum Gasteiger partial charge on any atom is -0.341 e. The number of nitrogens with two attached hydrogens (primary N) is 1. The number of nitrogens with one attached hydrogen (secondary N) is 1. The van der Waals surface area contributed by atoms with Gasteiger partial charge in [0, 0.05) is 12.0 Å². The second-order valence-corrected chi connectivity index (χ2v) is 6.09. The molecule has 0 aliphatic heterocycles. The second-order valence-electron chi connectivity index (χ2n) is 6.09. The van der Waals surface area contributed by atoms with Crippen LogP contribution in [0.3, 0.4) is 0 Å². The number of nitrogens with zero attached hydrogens (tertiary/aromatic N) is 1.